The van der Waals surface area contributed by atoms with Crippen molar-refractivity contribution in [2.24, 2.45) is 0 Å². The van der Waals surface area contributed by atoms with E-state index in [1.807, 2.05) is 0 Å². The first-order chi connectivity index (χ1) is 13.6. The molecule has 0 bridgehead atoms. The van der Waals surface area contributed by atoms with Gasteiger partial charge in [-0.1, -0.05) is 22.9 Å². The number of furan rings is 1. The molecule has 0 spiro atoms. The highest BCUT2D eigenvalue weighted by Crippen LogP contribution is 2.29. The topological polar surface area (TPSA) is 84.7 Å². The van der Waals surface area contributed by atoms with Crippen LogP contribution < -0.4 is 10.1 Å². The number of benzene rings is 1. The second-order valence-corrected chi connectivity index (χ2v) is 7.65. The van der Waals surface area contributed by atoms with Crippen LogP contribution in [0.15, 0.2) is 47.1 Å². The molecule has 3 aromatic rings. The maximum absolute atomic E-state index is 12.5. The SMILES string of the molecule is O=C(Nc1nc2c(s1)CN(C(=O)COc1ccc(Cl)cc1)CC2)c1ccco1. The molecule has 0 saturated carbocycles. The van der Waals surface area contributed by atoms with E-state index in [4.69, 9.17) is 20.8 Å². The number of halogens is 1. The van der Waals surface area contributed by atoms with Crippen LogP contribution >= 0.6 is 22.9 Å². The molecule has 28 heavy (non-hydrogen) atoms. The monoisotopic (exact) mass is 417 g/mol. The Kier molecular flexibility index (Phi) is 5.31. The second-order valence-electron chi connectivity index (χ2n) is 6.13. The van der Waals surface area contributed by atoms with Gasteiger partial charge in [0, 0.05) is 22.9 Å². The van der Waals surface area contributed by atoms with Gasteiger partial charge < -0.3 is 14.1 Å². The Labute approximate surface area is 169 Å². The number of nitrogens with one attached hydrogen (secondary N) is 1. The molecule has 9 heteroatoms. The predicted molar refractivity (Wildman–Crippen MR) is 105 cm³/mol. The Morgan fingerprint density at radius 1 is 1.29 bits per heavy atom. The van der Waals surface area contributed by atoms with Crippen LogP contribution in [0.1, 0.15) is 21.1 Å². The molecular formula is C19H16ClN3O4S. The van der Waals surface area contributed by atoms with E-state index >= 15 is 0 Å². The molecule has 0 atom stereocenters. The number of carbonyl (C=O) groups excluding carboxylic acids is 2. The van der Waals surface area contributed by atoms with Crippen LogP contribution in [0.3, 0.4) is 0 Å². The smallest absolute Gasteiger partial charge is 0.293 e. The van der Waals surface area contributed by atoms with Crippen LogP contribution in [0, 0.1) is 0 Å². The third kappa shape index (κ3) is 4.18. The summed E-state index contributed by atoms with van der Waals surface area (Å²) in [7, 11) is 0. The number of fused-ring (bicyclic) bond motifs is 1. The Hall–Kier alpha value is -2.84. The van der Waals surface area contributed by atoms with Gasteiger partial charge in [0.1, 0.15) is 5.75 Å². The fraction of sp³-hybridized carbons (Fsp3) is 0.211. The summed E-state index contributed by atoms with van der Waals surface area (Å²) >= 11 is 7.20. The predicted octanol–water partition coefficient (Wildman–Crippen LogP) is 3.61. The molecule has 0 radical (unpaired) electrons. The summed E-state index contributed by atoms with van der Waals surface area (Å²) in [6, 6.07) is 10.1. The highest BCUT2D eigenvalue weighted by molar-refractivity contribution is 7.15. The van der Waals surface area contributed by atoms with E-state index in [2.05, 4.69) is 10.3 Å². The Bertz CT molecular complexity index is 985. The largest absolute Gasteiger partial charge is 0.484 e. The van der Waals surface area contributed by atoms with E-state index in [1.54, 1.807) is 41.3 Å². The van der Waals surface area contributed by atoms with Gasteiger partial charge in [-0.3, -0.25) is 14.9 Å². The van der Waals surface area contributed by atoms with E-state index < -0.39 is 0 Å². The van der Waals surface area contributed by atoms with Crippen molar-refractivity contribution in [3.8, 4) is 5.75 Å². The normalized spacial score (nSPS) is 13.1. The molecule has 0 saturated heterocycles. The van der Waals surface area contributed by atoms with Gasteiger partial charge in [-0.25, -0.2) is 4.98 Å². The molecule has 1 aliphatic heterocycles. The van der Waals surface area contributed by atoms with Gasteiger partial charge in [-0.05, 0) is 36.4 Å². The van der Waals surface area contributed by atoms with Crippen molar-refractivity contribution < 1.29 is 18.7 Å². The van der Waals surface area contributed by atoms with Crippen LogP contribution in [0.5, 0.6) is 5.75 Å². The van der Waals surface area contributed by atoms with Crippen molar-refractivity contribution in [1.29, 1.82) is 0 Å². The average Bonchev–Trinajstić information content (AvgIpc) is 3.36. The fourth-order valence-corrected chi connectivity index (χ4v) is 3.94. The summed E-state index contributed by atoms with van der Waals surface area (Å²) in [5.41, 5.74) is 0.905. The summed E-state index contributed by atoms with van der Waals surface area (Å²) in [6.45, 7) is 0.968. The van der Waals surface area contributed by atoms with Crippen LogP contribution in [0.2, 0.25) is 5.02 Å². The highest BCUT2D eigenvalue weighted by atomic mass is 35.5. The summed E-state index contributed by atoms with van der Waals surface area (Å²) in [6.07, 6.45) is 2.08. The summed E-state index contributed by atoms with van der Waals surface area (Å²) in [5.74, 6) is 0.371. The van der Waals surface area contributed by atoms with Crippen LogP contribution in [0.25, 0.3) is 0 Å². The number of hydrogen-bond acceptors (Lipinski definition) is 6. The maximum atomic E-state index is 12.5. The number of carbonyl (C=O) groups is 2. The highest BCUT2D eigenvalue weighted by Gasteiger charge is 2.25. The molecule has 2 amide bonds. The lowest BCUT2D eigenvalue weighted by atomic mass is 10.2. The van der Waals surface area contributed by atoms with E-state index in [0.29, 0.717) is 35.4 Å². The van der Waals surface area contributed by atoms with Crippen molar-refractivity contribution in [1.82, 2.24) is 9.88 Å². The molecule has 7 nitrogen and oxygen atoms in total. The zero-order chi connectivity index (χ0) is 19.5. The van der Waals surface area contributed by atoms with Crippen molar-refractivity contribution in [3.05, 3.63) is 64.0 Å². The van der Waals surface area contributed by atoms with Crippen molar-refractivity contribution >= 4 is 39.9 Å². The molecule has 0 aliphatic carbocycles. The molecule has 1 N–H and O–H groups in total. The molecule has 2 aromatic heterocycles. The molecule has 1 aromatic carbocycles. The van der Waals surface area contributed by atoms with Crippen LogP contribution in [0.4, 0.5) is 5.13 Å². The summed E-state index contributed by atoms with van der Waals surface area (Å²) < 4.78 is 10.6. The minimum absolute atomic E-state index is 0.0438. The van der Waals surface area contributed by atoms with Gasteiger partial charge in [0.05, 0.1) is 18.5 Å². The number of aromatic nitrogens is 1. The zero-order valence-corrected chi connectivity index (χ0v) is 16.3. The Balaban J connectivity index is 1.35. The summed E-state index contributed by atoms with van der Waals surface area (Å²) in [4.78, 5) is 31.7. The van der Waals surface area contributed by atoms with Gasteiger partial charge >= 0.3 is 0 Å². The van der Waals surface area contributed by atoms with Crippen LogP contribution in [-0.4, -0.2) is 34.8 Å². The molecular weight excluding hydrogens is 402 g/mol. The van der Waals surface area contributed by atoms with Crippen LogP contribution in [-0.2, 0) is 17.8 Å². The van der Waals surface area contributed by atoms with Gasteiger partial charge in [-0.15, -0.1) is 0 Å². The number of nitrogens with zero attached hydrogens (tertiary/aromatic N) is 2. The van der Waals surface area contributed by atoms with Crippen molar-refractivity contribution in [2.75, 3.05) is 18.5 Å². The minimum atomic E-state index is -0.347. The molecule has 4 rings (SSSR count). The maximum Gasteiger partial charge on any atom is 0.293 e. The van der Waals surface area contributed by atoms with Crippen molar-refractivity contribution in [2.45, 2.75) is 13.0 Å². The standard InChI is InChI=1S/C19H16ClN3O4S/c20-12-3-5-13(6-4-12)27-11-17(24)23-8-7-14-16(10-23)28-19(21-14)22-18(25)15-2-1-9-26-15/h1-6,9H,7-8,10-11H2,(H,21,22,25). The van der Waals surface area contributed by atoms with E-state index in [0.717, 1.165) is 10.6 Å². The number of hydrogen-bond donors (Lipinski definition) is 1. The molecule has 1 aliphatic rings. The lowest BCUT2D eigenvalue weighted by Crippen LogP contribution is -2.38. The number of ether oxygens (including phenoxy) is 1. The lowest BCUT2D eigenvalue weighted by molar-refractivity contribution is -0.134. The summed E-state index contributed by atoms with van der Waals surface area (Å²) in [5, 5.41) is 3.84. The zero-order valence-electron chi connectivity index (χ0n) is 14.7. The van der Waals surface area contributed by atoms with E-state index in [-0.39, 0.29) is 24.2 Å². The number of anilines is 1. The lowest BCUT2D eigenvalue weighted by Gasteiger charge is -2.26. The van der Waals surface area contributed by atoms with Crippen molar-refractivity contribution in [3.63, 3.8) is 0 Å². The molecule has 3 heterocycles. The van der Waals surface area contributed by atoms with E-state index in [1.165, 1.54) is 17.6 Å². The third-order valence-electron chi connectivity index (χ3n) is 4.23. The molecule has 0 fully saturated rings. The van der Waals surface area contributed by atoms with E-state index in [9.17, 15) is 9.59 Å². The van der Waals surface area contributed by atoms with Gasteiger partial charge in [0.15, 0.2) is 17.5 Å². The first-order valence-electron chi connectivity index (χ1n) is 8.58. The quantitative estimate of drug-likeness (QED) is 0.685. The first kappa shape index (κ1) is 18.5. The Morgan fingerprint density at radius 2 is 2.11 bits per heavy atom. The Morgan fingerprint density at radius 3 is 2.86 bits per heavy atom. The first-order valence-corrected chi connectivity index (χ1v) is 9.77. The average molecular weight is 418 g/mol. The second kappa shape index (κ2) is 8.04. The molecule has 0 unspecified atom stereocenters. The van der Waals surface area contributed by atoms with Gasteiger partial charge in [0.25, 0.3) is 11.8 Å². The number of thiazole rings is 1. The number of amides is 2. The fourth-order valence-electron chi connectivity index (χ4n) is 2.80. The van der Waals surface area contributed by atoms with Gasteiger partial charge in [-0.2, -0.15) is 0 Å². The van der Waals surface area contributed by atoms with Gasteiger partial charge in [0.2, 0.25) is 0 Å². The molecule has 144 valence electrons. The third-order valence-corrected chi connectivity index (χ3v) is 5.48. The number of rotatable bonds is 5. The minimum Gasteiger partial charge on any atom is -0.484 e.